The van der Waals surface area contributed by atoms with E-state index in [9.17, 15) is 0 Å². The Bertz CT molecular complexity index is 3630. The second kappa shape index (κ2) is 14.4. The number of fused-ring (bicyclic) bond motifs is 8. The van der Waals surface area contributed by atoms with Crippen LogP contribution in [0.3, 0.4) is 0 Å². The van der Waals surface area contributed by atoms with Gasteiger partial charge >= 0.3 is 0 Å². The molecule has 10 aromatic carbocycles. The van der Waals surface area contributed by atoms with Gasteiger partial charge in [-0.15, -0.1) is 0 Å². The van der Waals surface area contributed by atoms with Crippen molar-refractivity contribution < 1.29 is 0 Å². The molecular formula is C58H39N3. The van der Waals surface area contributed by atoms with Crippen molar-refractivity contribution in [3.63, 3.8) is 0 Å². The first-order valence-corrected chi connectivity index (χ1v) is 21.0. The summed E-state index contributed by atoms with van der Waals surface area (Å²) in [7, 11) is 0. The molecule has 3 heteroatoms. The van der Waals surface area contributed by atoms with Gasteiger partial charge in [0.15, 0.2) is 0 Å². The Morgan fingerprint density at radius 1 is 0.361 bits per heavy atom. The Morgan fingerprint density at radius 2 is 0.918 bits per heavy atom. The molecule has 2 heterocycles. The van der Waals surface area contributed by atoms with Crippen LogP contribution in [0.4, 0.5) is 0 Å². The van der Waals surface area contributed by atoms with Crippen LogP contribution in [0.1, 0.15) is 16.7 Å². The van der Waals surface area contributed by atoms with Crippen LogP contribution in [-0.4, -0.2) is 14.8 Å². The van der Waals surface area contributed by atoms with Crippen molar-refractivity contribution in [3.05, 3.63) is 241 Å². The van der Waals surface area contributed by atoms with E-state index in [0.29, 0.717) is 6.54 Å². The number of para-hydroxylation sites is 2. The number of nitrogens with zero attached hydrogens (tertiary/aromatic N) is 3. The van der Waals surface area contributed by atoms with Gasteiger partial charge in [-0.25, -0.2) is 0 Å². The zero-order valence-electron chi connectivity index (χ0n) is 33.4. The summed E-state index contributed by atoms with van der Waals surface area (Å²) < 4.78 is 4.92. The smallest absolute Gasteiger partial charge is 0.0729 e. The number of aliphatic imine (C=N–C) groups is 1. The second-order valence-electron chi connectivity index (χ2n) is 15.9. The average molecular weight is 778 g/mol. The summed E-state index contributed by atoms with van der Waals surface area (Å²) in [6.45, 7) is 0.573. The number of rotatable bonds is 7. The lowest BCUT2D eigenvalue weighted by Gasteiger charge is -2.16. The molecule has 0 saturated carbocycles. The lowest BCUT2D eigenvalue weighted by Crippen LogP contribution is -2.06. The van der Waals surface area contributed by atoms with Gasteiger partial charge < -0.3 is 9.13 Å². The molecule has 12 aromatic rings. The number of aromatic nitrogens is 2. The van der Waals surface area contributed by atoms with E-state index in [1.165, 1.54) is 81.8 Å². The monoisotopic (exact) mass is 777 g/mol. The molecular weight excluding hydrogens is 739 g/mol. The predicted octanol–water partition coefficient (Wildman–Crippen LogP) is 14.9. The third kappa shape index (κ3) is 5.85. The van der Waals surface area contributed by atoms with Crippen LogP contribution in [0.25, 0.3) is 87.7 Å². The molecule has 3 nitrogen and oxygen atoms in total. The maximum atomic E-state index is 5.40. The molecule has 286 valence electrons. The van der Waals surface area contributed by atoms with Gasteiger partial charge in [-0.1, -0.05) is 176 Å². The Labute approximate surface area is 353 Å². The standard InChI is InChI=1S/C58H39N3/c1-4-16-40(17-5-1)41-30-28-39(29-31-41)38-59-58(42-18-6-2-7-19-42)49-32-33-54(47-25-13-12-24-46(47)49)61-53-27-15-14-26-48(53)51-36-52-50-34-43-20-10-11-21-44(43)35-55(50)60(56(52)37-57(51)61)45-22-8-3-9-23-45/h1-37H,38H2. The third-order valence-electron chi connectivity index (χ3n) is 12.4. The zero-order chi connectivity index (χ0) is 40.3. The highest BCUT2D eigenvalue weighted by Gasteiger charge is 2.21. The minimum atomic E-state index is 0.573. The summed E-state index contributed by atoms with van der Waals surface area (Å²) in [6, 6.07) is 81.3. The molecule has 0 fully saturated rings. The largest absolute Gasteiger partial charge is 0.309 e. The summed E-state index contributed by atoms with van der Waals surface area (Å²) in [5, 5.41) is 9.80. The molecule has 0 amide bonds. The molecule has 0 atom stereocenters. The van der Waals surface area contributed by atoms with Crippen LogP contribution in [0.2, 0.25) is 0 Å². The molecule has 0 unspecified atom stereocenters. The van der Waals surface area contributed by atoms with Crippen molar-refractivity contribution in [2.75, 3.05) is 0 Å². The summed E-state index contributed by atoms with van der Waals surface area (Å²) in [5.74, 6) is 0. The van der Waals surface area contributed by atoms with E-state index in [0.717, 1.165) is 28.2 Å². The van der Waals surface area contributed by atoms with Gasteiger partial charge in [0.2, 0.25) is 0 Å². The molecule has 2 aromatic heterocycles. The number of hydrogen-bond acceptors (Lipinski definition) is 1. The molecule has 61 heavy (non-hydrogen) atoms. The Balaban J connectivity index is 1.07. The van der Waals surface area contributed by atoms with Crippen molar-refractivity contribution in [1.29, 1.82) is 0 Å². The first kappa shape index (κ1) is 35.0. The molecule has 0 saturated heterocycles. The maximum absolute atomic E-state index is 5.40. The van der Waals surface area contributed by atoms with Crippen molar-refractivity contribution >= 4 is 70.9 Å². The van der Waals surface area contributed by atoms with Gasteiger partial charge in [-0.2, -0.15) is 0 Å². The minimum Gasteiger partial charge on any atom is -0.309 e. The van der Waals surface area contributed by atoms with Gasteiger partial charge in [0, 0.05) is 43.7 Å². The molecule has 0 radical (unpaired) electrons. The summed E-state index contributed by atoms with van der Waals surface area (Å²) in [6.07, 6.45) is 0. The van der Waals surface area contributed by atoms with Crippen molar-refractivity contribution in [3.8, 4) is 22.5 Å². The molecule has 0 aliphatic rings. The lowest BCUT2D eigenvalue weighted by molar-refractivity contribution is 1.07. The molecule has 0 spiro atoms. The zero-order valence-corrected chi connectivity index (χ0v) is 33.4. The van der Waals surface area contributed by atoms with Crippen LogP contribution in [0.5, 0.6) is 0 Å². The van der Waals surface area contributed by atoms with Crippen LogP contribution in [0, 0.1) is 0 Å². The molecule has 0 N–H and O–H groups in total. The fraction of sp³-hybridized carbons (Fsp3) is 0.0172. The third-order valence-corrected chi connectivity index (χ3v) is 12.4. The Hall–Kier alpha value is -8.01. The average Bonchev–Trinajstić information content (AvgIpc) is 3.82. The van der Waals surface area contributed by atoms with Gasteiger partial charge in [-0.3, -0.25) is 4.99 Å². The van der Waals surface area contributed by atoms with Gasteiger partial charge in [0.25, 0.3) is 0 Å². The van der Waals surface area contributed by atoms with E-state index in [2.05, 4.69) is 234 Å². The summed E-state index contributed by atoms with van der Waals surface area (Å²) >= 11 is 0. The first-order chi connectivity index (χ1) is 30.3. The number of benzene rings is 10. The van der Waals surface area contributed by atoms with E-state index in [1.807, 2.05) is 0 Å². The summed E-state index contributed by atoms with van der Waals surface area (Å²) in [4.78, 5) is 5.40. The normalized spacial score (nSPS) is 12.1. The summed E-state index contributed by atoms with van der Waals surface area (Å²) in [5.41, 5.74) is 13.8. The highest BCUT2D eigenvalue weighted by atomic mass is 15.0. The lowest BCUT2D eigenvalue weighted by atomic mass is 9.95. The van der Waals surface area contributed by atoms with Gasteiger partial charge in [0.1, 0.15) is 0 Å². The quantitative estimate of drug-likeness (QED) is 0.144. The van der Waals surface area contributed by atoms with Crippen LogP contribution in [-0.2, 0) is 6.54 Å². The van der Waals surface area contributed by atoms with E-state index in [1.54, 1.807) is 0 Å². The van der Waals surface area contributed by atoms with E-state index in [4.69, 9.17) is 4.99 Å². The SMILES string of the molecule is c1ccc(C(=NCc2ccc(-c3ccccc3)cc2)c2ccc(-n3c4ccccc4c4cc5c6cc7ccccc7cc6n(-c6ccccc6)c5cc43)c3ccccc23)cc1. The molecule has 0 bridgehead atoms. The number of hydrogen-bond donors (Lipinski definition) is 0. The van der Waals surface area contributed by atoms with Gasteiger partial charge in [0.05, 0.1) is 40.0 Å². The van der Waals surface area contributed by atoms with Crippen molar-refractivity contribution in [1.82, 2.24) is 9.13 Å². The second-order valence-corrected chi connectivity index (χ2v) is 15.9. The highest BCUT2D eigenvalue weighted by Crippen LogP contribution is 2.42. The van der Waals surface area contributed by atoms with Crippen LogP contribution < -0.4 is 0 Å². The van der Waals surface area contributed by atoms with Crippen LogP contribution >= 0.6 is 0 Å². The van der Waals surface area contributed by atoms with E-state index >= 15 is 0 Å². The molecule has 0 aliphatic carbocycles. The fourth-order valence-corrected chi connectivity index (χ4v) is 9.49. The maximum Gasteiger partial charge on any atom is 0.0729 e. The van der Waals surface area contributed by atoms with Crippen molar-refractivity contribution in [2.24, 2.45) is 4.99 Å². The molecule has 12 rings (SSSR count). The predicted molar refractivity (Wildman–Crippen MR) is 258 cm³/mol. The Morgan fingerprint density at radius 3 is 1.69 bits per heavy atom. The Kier molecular flexibility index (Phi) is 8.24. The topological polar surface area (TPSA) is 22.2 Å². The van der Waals surface area contributed by atoms with E-state index in [-0.39, 0.29) is 0 Å². The first-order valence-electron chi connectivity index (χ1n) is 21.0. The van der Waals surface area contributed by atoms with E-state index < -0.39 is 0 Å². The van der Waals surface area contributed by atoms with Gasteiger partial charge in [-0.05, 0) is 81.4 Å². The molecule has 0 aliphatic heterocycles. The van der Waals surface area contributed by atoms with Crippen molar-refractivity contribution in [2.45, 2.75) is 6.54 Å². The van der Waals surface area contributed by atoms with Crippen LogP contribution in [0.15, 0.2) is 229 Å². The minimum absolute atomic E-state index is 0.573. The fourth-order valence-electron chi connectivity index (χ4n) is 9.49. The highest BCUT2D eigenvalue weighted by molar-refractivity contribution is 6.23.